The monoisotopic (exact) mass is 317 g/mol. The normalized spacial score (nSPS) is 29.7. The fraction of sp³-hybridized carbons (Fsp3) is 0.611. The van der Waals surface area contributed by atoms with Crippen molar-refractivity contribution in [2.24, 2.45) is 11.3 Å². The molecule has 1 aromatic carbocycles. The molecular weight excluding hydrogens is 294 g/mol. The van der Waals surface area contributed by atoms with E-state index < -0.39 is 0 Å². The number of amides is 1. The summed E-state index contributed by atoms with van der Waals surface area (Å²) in [7, 11) is 1.86. The molecule has 3 fully saturated rings. The minimum Gasteiger partial charge on any atom is -0.508 e. The molecule has 1 N–H and O–H groups in total. The summed E-state index contributed by atoms with van der Waals surface area (Å²) >= 11 is 0. The summed E-state index contributed by atoms with van der Waals surface area (Å²) in [4.78, 5) is 14.8. The van der Waals surface area contributed by atoms with Gasteiger partial charge in [0.1, 0.15) is 18.1 Å². The van der Waals surface area contributed by atoms with Crippen molar-refractivity contribution in [3.63, 3.8) is 0 Å². The molecule has 3 aliphatic rings. The Morgan fingerprint density at radius 2 is 2.13 bits per heavy atom. The van der Waals surface area contributed by atoms with Gasteiger partial charge < -0.3 is 19.5 Å². The summed E-state index contributed by atoms with van der Waals surface area (Å²) in [6, 6.07) is 6.63. The van der Waals surface area contributed by atoms with Crippen LogP contribution < -0.4 is 4.74 Å². The second kappa shape index (κ2) is 5.13. The Kier molecular flexibility index (Phi) is 3.30. The minimum absolute atomic E-state index is 0.152. The Balaban J connectivity index is 1.34. The van der Waals surface area contributed by atoms with Crippen LogP contribution in [0.4, 0.5) is 0 Å². The average molecular weight is 317 g/mol. The minimum atomic E-state index is -0.238. The number of aromatic hydroxyl groups is 1. The standard InChI is InChI=1S/C18H23NO4/c1-19(9-10-22-15-5-3-14(20)4-6-15)16(21)18-11-13(18)12-23-17(18)7-2-8-17/h3-6,13,20H,2,7-12H2,1H3/t13-,18-/m0/s1. The molecule has 5 heteroatoms. The molecule has 5 nitrogen and oxygen atoms in total. The fourth-order valence-corrected chi connectivity index (χ4v) is 4.31. The zero-order valence-corrected chi connectivity index (χ0v) is 13.5. The molecule has 1 aliphatic heterocycles. The number of nitrogens with zero attached hydrogens (tertiary/aromatic N) is 1. The maximum atomic E-state index is 13.0. The Hall–Kier alpha value is -1.75. The molecule has 0 unspecified atom stereocenters. The van der Waals surface area contributed by atoms with Crippen molar-refractivity contribution in [3.05, 3.63) is 24.3 Å². The summed E-state index contributed by atoms with van der Waals surface area (Å²) in [6.45, 7) is 1.76. The van der Waals surface area contributed by atoms with Crippen LogP contribution in [-0.4, -0.2) is 48.3 Å². The zero-order valence-electron chi connectivity index (χ0n) is 13.5. The molecule has 4 rings (SSSR count). The van der Waals surface area contributed by atoms with Crippen LogP contribution in [0.1, 0.15) is 25.7 Å². The first-order chi connectivity index (χ1) is 11.1. The van der Waals surface area contributed by atoms with E-state index in [2.05, 4.69) is 0 Å². The lowest BCUT2D eigenvalue weighted by Crippen LogP contribution is -2.53. The highest BCUT2D eigenvalue weighted by molar-refractivity contribution is 5.88. The fourth-order valence-electron chi connectivity index (χ4n) is 4.31. The highest BCUT2D eigenvalue weighted by Crippen LogP contribution is 2.71. The molecule has 0 aromatic heterocycles. The van der Waals surface area contributed by atoms with Crippen LogP contribution in [0.25, 0.3) is 0 Å². The van der Waals surface area contributed by atoms with Gasteiger partial charge in [-0.3, -0.25) is 4.79 Å². The van der Waals surface area contributed by atoms with Gasteiger partial charge in [0.2, 0.25) is 5.91 Å². The third-order valence-electron chi connectivity index (χ3n) is 5.90. The van der Waals surface area contributed by atoms with Crippen LogP contribution in [0.5, 0.6) is 11.5 Å². The van der Waals surface area contributed by atoms with Crippen molar-refractivity contribution in [1.29, 1.82) is 0 Å². The van der Waals surface area contributed by atoms with Gasteiger partial charge in [0.15, 0.2) is 0 Å². The van der Waals surface area contributed by atoms with E-state index in [-0.39, 0.29) is 22.7 Å². The Morgan fingerprint density at radius 3 is 2.74 bits per heavy atom. The van der Waals surface area contributed by atoms with Crippen molar-refractivity contribution in [3.8, 4) is 11.5 Å². The van der Waals surface area contributed by atoms with E-state index in [0.29, 0.717) is 24.8 Å². The van der Waals surface area contributed by atoms with Gasteiger partial charge in [-0.25, -0.2) is 0 Å². The number of hydrogen-bond acceptors (Lipinski definition) is 4. The molecular formula is C18H23NO4. The third-order valence-corrected chi connectivity index (χ3v) is 5.90. The van der Waals surface area contributed by atoms with Crippen molar-refractivity contribution >= 4 is 5.91 Å². The zero-order chi connectivity index (χ0) is 16.1. The van der Waals surface area contributed by atoms with Gasteiger partial charge in [-0.15, -0.1) is 0 Å². The maximum absolute atomic E-state index is 13.0. The quantitative estimate of drug-likeness (QED) is 0.904. The van der Waals surface area contributed by atoms with Gasteiger partial charge in [-0.05, 0) is 49.9 Å². The number of rotatable bonds is 5. The smallest absolute Gasteiger partial charge is 0.231 e. The number of phenolic OH excluding ortho intramolecular Hbond substituents is 1. The molecule has 2 atom stereocenters. The number of hydrogen-bond donors (Lipinski definition) is 1. The van der Waals surface area contributed by atoms with Crippen LogP contribution in [0.15, 0.2) is 24.3 Å². The Bertz CT molecular complexity index is 610. The van der Waals surface area contributed by atoms with Crippen LogP contribution in [0.2, 0.25) is 0 Å². The molecule has 2 aliphatic carbocycles. The second-order valence-corrected chi connectivity index (χ2v) is 7.10. The number of phenols is 1. The molecule has 124 valence electrons. The van der Waals surface area contributed by atoms with E-state index in [9.17, 15) is 9.90 Å². The summed E-state index contributed by atoms with van der Waals surface area (Å²) in [5, 5.41) is 9.26. The first kappa shape index (κ1) is 14.8. The predicted octanol–water partition coefficient (Wildman–Crippen LogP) is 2.19. The molecule has 1 aromatic rings. The van der Waals surface area contributed by atoms with Gasteiger partial charge >= 0.3 is 0 Å². The summed E-state index contributed by atoms with van der Waals surface area (Å²) in [5.74, 6) is 1.58. The molecule has 1 amide bonds. The van der Waals surface area contributed by atoms with Crippen LogP contribution in [0.3, 0.4) is 0 Å². The third kappa shape index (κ3) is 2.13. The van der Waals surface area contributed by atoms with Crippen molar-refractivity contribution in [2.75, 3.05) is 26.8 Å². The van der Waals surface area contributed by atoms with Crippen molar-refractivity contribution in [2.45, 2.75) is 31.3 Å². The van der Waals surface area contributed by atoms with Gasteiger partial charge in [0.25, 0.3) is 0 Å². The highest BCUT2D eigenvalue weighted by atomic mass is 16.5. The lowest BCUT2D eigenvalue weighted by Gasteiger charge is -2.45. The SMILES string of the molecule is CN(CCOc1ccc(O)cc1)C(=O)[C@]12C[C@H]1COC21CCC1. The van der Waals surface area contributed by atoms with E-state index in [1.165, 1.54) is 6.42 Å². The topological polar surface area (TPSA) is 59.0 Å². The summed E-state index contributed by atoms with van der Waals surface area (Å²) in [5.41, 5.74) is -0.390. The van der Waals surface area contributed by atoms with Crippen LogP contribution in [0, 0.1) is 11.3 Å². The van der Waals surface area contributed by atoms with Gasteiger partial charge in [-0.2, -0.15) is 0 Å². The number of ether oxygens (including phenoxy) is 2. The van der Waals surface area contributed by atoms with Gasteiger partial charge in [0.05, 0.1) is 24.2 Å². The number of carbonyl (C=O) groups is 1. The number of benzene rings is 1. The molecule has 1 spiro atoms. The van der Waals surface area contributed by atoms with E-state index in [0.717, 1.165) is 25.9 Å². The van der Waals surface area contributed by atoms with E-state index in [1.807, 2.05) is 7.05 Å². The first-order valence-electron chi connectivity index (χ1n) is 8.39. The molecule has 2 saturated carbocycles. The van der Waals surface area contributed by atoms with E-state index in [4.69, 9.17) is 9.47 Å². The highest BCUT2D eigenvalue weighted by Gasteiger charge is 2.77. The molecule has 23 heavy (non-hydrogen) atoms. The predicted molar refractivity (Wildman–Crippen MR) is 84.3 cm³/mol. The van der Waals surface area contributed by atoms with Crippen LogP contribution >= 0.6 is 0 Å². The average Bonchev–Trinajstić information content (AvgIpc) is 3.15. The lowest BCUT2D eigenvalue weighted by molar-refractivity contribution is -0.157. The van der Waals surface area contributed by atoms with E-state index >= 15 is 0 Å². The van der Waals surface area contributed by atoms with Crippen molar-refractivity contribution < 1.29 is 19.4 Å². The molecule has 0 radical (unpaired) electrons. The summed E-state index contributed by atoms with van der Waals surface area (Å²) < 4.78 is 11.6. The number of likely N-dealkylation sites (N-methyl/N-ethyl adjacent to an activating group) is 1. The van der Waals surface area contributed by atoms with Crippen molar-refractivity contribution in [1.82, 2.24) is 4.90 Å². The molecule has 1 saturated heterocycles. The Labute approximate surface area is 136 Å². The first-order valence-corrected chi connectivity index (χ1v) is 8.39. The largest absolute Gasteiger partial charge is 0.508 e. The molecule has 1 heterocycles. The maximum Gasteiger partial charge on any atom is 0.231 e. The molecule has 0 bridgehead atoms. The lowest BCUT2D eigenvalue weighted by atomic mass is 9.68. The van der Waals surface area contributed by atoms with Gasteiger partial charge in [-0.1, -0.05) is 0 Å². The van der Waals surface area contributed by atoms with Crippen LogP contribution in [-0.2, 0) is 9.53 Å². The number of fused-ring (bicyclic) bond motifs is 2. The van der Waals surface area contributed by atoms with Gasteiger partial charge in [0, 0.05) is 13.0 Å². The second-order valence-electron chi connectivity index (χ2n) is 7.10. The van der Waals surface area contributed by atoms with E-state index in [1.54, 1.807) is 29.2 Å². The summed E-state index contributed by atoms with van der Waals surface area (Å²) in [6.07, 6.45) is 4.24. The number of carbonyl (C=O) groups excluding carboxylic acids is 1. The Morgan fingerprint density at radius 1 is 1.39 bits per heavy atom.